The number of hydrogen-bond donors (Lipinski definition) is 5. The SMILES string of the molecule is CCCCCCCCCCCCN(CCN(CCCN(CCNC[C@H](O)CCCCCCCCCC)C[C@H](O)CCCCCCCCCC)C[C@H](O)CCCCCCCCCC)C[C@H](O)CCCCCCCCCC. The molecule has 0 amide bonds. The average Bonchev–Trinajstić information content (AvgIpc) is 3.40. The van der Waals surface area contributed by atoms with Crippen LogP contribution in [-0.4, -0.2) is 132 Å². The van der Waals surface area contributed by atoms with E-state index in [-0.39, 0.29) is 24.4 Å². The first-order chi connectivity index (χ1) is 36.8. The molecular weight excluding hydrogens is 925 g/mol. The van der Waals surface area contributed by atoms with Crippen molar-refractivity contribution in [2.45, 2.75) is 361 Å². The lowest BCUT2D eigenvalue weighted by Gasteiger charge is -2.31. The molecule has 0 aromatic carbocycles. The Morgan fingerprint density at radius 1 is 0.240 bits per heavy atom. The van der Waals surface area contributed by atoms with E-state index in [4.69, 9.17) is 0 Å². The van der Waals surface area contributed by atoms with Gasteiger partial charge in [-0.3, -0.25) is 14.7 Å². The lowest BCUT2D eigenvalue weighted by atomic mass is 10.0. The van der Waals surface area contributed by atoms with E-state index in [2.05, 4.69) is 54.6 Å². The van der Waals surface area contributed by atoms with Gasteiger partial charge in [-0.05, 0) is 58.2 Å². The summed E-state index contributed by atoms with van der Waals surface area (Å²) in [6, 6.07) is 0. The van der Waals surface area contributed by atoms with Crippen LogP contribution < -0.4 is 5.32 Å². The molecule has 0 rings (SSSR count). The molecule has 0 bridgehead atoms. The van der Waals surface area contributed by atoms with Crippen LogP contribution in [0.15, 0.2) is 0 Å². The first-order valence-corrected chi connectivity index (χ1v) is 34.4. The molecule has 0 fully saturated rings. The molecule has 452 valence electrons. The van der Waals surface area contributed by atoms with Gasteiger partial charge in [-0.2, -0.15) is 0 Å². The van der Waals surface area contributed by atoms with E-state index < -0.39 is 0 Å². The molecule has 0 heterocycles. The molecule has 0 saturated heterocycles. The monoisotopic (exact) mass is 1070 g/mol. The zero-order chi connectivity index (χ0) is 54.8. The molecule has 0 saturated carbocycles. The Hall–Kier alpha value is -0.320. The third-order valence-electron chi connectivity index (χ3n) is 16.5. The molecule has 0 aromatic heterocycles. The lowest BCUT2D eigenvalue weighted by Crippen LogP contribution is -2.43. The largest absolute Gasteiger partial charge is 0.392 e. The summed E-state index contributed by atoms with van der Waals surface area (Å²) in [6.45, 7) is 20.7. The standard InChI is InChI=1S/C67H140N4O4/c1-6-11-16-21-26-31-32-37-42-47-54-70(62-66(74)51-45-40-35-29-24-19-14-9-4)58-59-71(63-67(75)52-46-41-36-30-25-20-15-10-5)56-48-55-69(61-65(73)50-44-39-34-28-23-18-13-8-3)57-53-68-60-64(72)49-43-38-33-27-22-17-12-7-2/h64-68,72-75H,6-63H2,1-5H3/t64-,65-,66-,67-/m1/s1. The maximum Gasteiger partial charge on any atom is 0.0667 e. The molecular formula is C67H140N4O4. The first kappa shape index (κ1) is 74.7. The second-order valence-electron chi connectivity index (χ2n) is 24.3. The van der Waals surface area contributed by atoms with Crippen molar-refractivity contribution in [3.63, 3.8) is 0 Å². The molecule has 75 heavy (non-hydrogen) atoms. The number of hydrogen-bond acceptors (Lipinski definition) is 8. The van der Waals surface area contributed by atoms with Gasteiger partial charge in [0.1, 0.15) is 0 Å². The minimum Gasteiger partial charge on any atom is -0.392 e. The van der Waals surface area contributed by atoms with Crippen molar-refractivity contribution < 1.29 is 20.4 Å². The highest BCUT2D eigenvalue weighted by Crippen LogP contribution is 2.17. The van der Waals surface area contributed by atoms with E-state index in [1.165, 1.54) is 244 Å². The molecule has 0 aliphatic heterocycles. The number of nitrogens with zero attached hydrogens (tertiary/aromatic N) is 3. The summed E-state index contributed by atoms with van der Waals surface area (Å²) in [7, 11) is 0. The summed E-state index contributed by atoms with van der Waals surface area (Å²) < 4.78 is 0. The van der Waals surface area contributed by atoms with Gasteiger partial charge < -0.3 is 25.7 Å². The van der Waals surface area contributed by atoms with E-state index in [1.54, 1.807) is 0 Å². The Morgan fingerprint density at radius 2 is 0.467 bits per heavy atom. The van der Waals surface area contributed by atoms with Crippen LogP contribution in [0.4, 0.5) is 0 Å². The Morgan fingerprint density at radius 3 is 0.760 bits per heavy atom. The predicted octanol–water partition coefficient (Wildman–Crippen LogP) is 17.4. The topological polar surface area (TPSA) is 103 Å². The first-order valence-electron chi connectivity index (χ1n) is 34.4. The van der Waals surface area contributed by atoms with E-state index in [0.717, 1.165) is 110 Å². The lowest BCUT2D eigenvalue weighted by molar-refractivity contribution is 0.0718. The number of aliphatic hydroxyl groups is 4. The third-order valence-corrected chi connectivity index (χ3v) is 16.5. The smallest absolute Gasteiger partial charge is 0.0667 e. The molecule has 4 atom stereocenters. The maximum absolute atomic E-state index is 11.6. The average molecular weight is 1070 g/mol. The summed E-state index contributed by atoms with van der Waals surface area (Å²) in [5, 5.41) is 48.8. The normalized spacial score (nSPS) is 13.8. The van der Waals surface area contributed by atoms with Crippen molar-refractivity contribution in [1.29, 1.82) is 0 Å². The number of aliphatic hydroxyl groups excluding tert-OH is 4. The molecule has 5 N–H and O–H groups in total. The van der Waals surface area contributed by atoms with E-state index in [9.17, 15) is 20.4 Å². The fourth-order valence-electron chi connectivity index (χ4n) is 11.3. The Kier molecular flexibility index (Phi) is 61.0. The molecule has 0 aliphatic rings. The van der Waals surface area contributed by atoms with Crippen molar-refractivity contribution in [1.82, 2.24) is 20.0 Å². The van der Waals surface area contributed by atoms with Crippen LogP contribution in [0.5, 0.6) is 0 Å². The molecule has 0 spiro atoms. The van der Waals surface area contributed by atoms with Crippen molar-refractivity contribution in [3.05, 3.63) is 0 Å². The summed E-state index contributed by atoms with van der Waals surface area (Å²) >= 11 is 0. The van der Waals surface area contributed by atoms with Crippen molar-refractivity contribution in [3.8, 4) is 0 Å². The Labute approximate surface area is 471 Å². The maximum atomic E-state index is 11.6. The van der Waals surface area contributed by atoms with Crippen LogP contribution in [0, 0.1) is 0 Å². The van der Waals surface area contributed by atoms with Crippen molar-refractivity contribution >= 4 is 0 Å². The highest BCUT2D eigenvalue weighted by atomic mass is 16.3. The van der Waals surface area contributed by atoms with Crippen LogP contribution in [0.3, 0.4) is 0 Å². The van der Waals surface area contributed by atoms with Crippen LogP contribution in [0.2, 0.25) is 0 Å². The highest BCUT2D eigenvalue weighted by molar-refractivity contribution is 4.74. The van der Waals surface area contributed by atoms with E-state index in [1.807, 2.05) is 0 Å². The molecule has 0 unspecified atom stereocenters. The highest BCUT2D eigenvalue weighted by Gasteiger charge is 2.18. The predicted molar refractivity (Wildman–Crippen MR) is 332 cm³/mol. The van der Waals surface area contributed by atoms with Crippen LogP contribution in [0.25, 0.3) is 0 Å². The summed E-state index contributed by atoms with van der Waals surface area (Å²) in [6.07, 6.45) is 57.8. The second kappa shape index (κ2) is 61.3. The van der Waals surface area contributed by atoms with Gasteiger partial charge >= 0.3 is 0 Å². The molecule has 8 nitrogen and oxygen atoms in total. The molecule has 0 aliphatic carbocycles. The van der Waals surface area contributed by atoms with Gasteiger partial charge in [0.2, 0.25) is 0 Å². The third kappa shape index (κ3) is 56.7. The summed E-state index contributed by atoms with van der Waals surface area (Å²) in [5.74, 6) is 0. The van der Waals surface area contributed by atoms with Gasteiger partial charge in [0, 0.05) is 52.4 Å². The van der Waals surface area contributed by atoms with Crippen molar-refractivity contribution in [2.24, 2.45) is 0 Å². The number of rotatable bonds is 65. The fraction of sp³-hybridized carbons (Fsp3) is 1.00. The molecule has 0 aromatic rings. The van der Waals surface area contributed by atoms with Gasteiger partial charge in [-0.25, -0.2) is 0 Å². The van der Waals surface area contributed by atoms with Crippen LogP contribution >= 0.6 is 0 Å². The summed E-state index contributed by atoms with van der Waals surface area (Å²) in [4.78, 5) is 7.59. The number of unbranched alkanes of at least 4 members (excludes halogenated alkanes) is 37. The van der Waals surface area contributed by atoms with Crippen molar-refractivity contribution in [2.75, 3.05) is 72.0 Å². The van der Waals surface area contributed by atoms with Gasteiger partial charge in [0.25, 0.3) is 0 Å². The minimum absolute atomic E-state index is 0.278. The zero-order valence-corrected chi connectivity index (χ0v) is 52.0. The van der Waals surface area contributed by atoms with E-state index >= 15 is 0 Å². The second-order valence-corrected chi connectivity index (χ2v) is 24.3. The molecule has 8 heteroatoms. The zero-order valence-electron chi connectivity index (χ0n) is 52.0. The van der Waals surface area contributed by atoms with Gasteiger partial charge in [0.15, 0.2) is 0 Å². The molecule has 0 radical (unpaired) electrons. The number of nitrogens with one attached hydrogen (secondary N) is 1. The van der Waals surface area contributed by atoms with Gasteiger partial charge in [-0.1, -0.05) is 298 Å². The summed E-state index contributed by atoms with van der Waals surface area (Å²) in [5.41, 5.74) is 0. The van der Waals surface area contributed by atoms with Crippen LogP contribution in [0.1, 0.15) is 336 Å². The Balaban J connectivity index is 5.74. The quantitative estimate of drug-likeness (QED) is 0.0384. The minimum atomic E-state index is -0.321. The Bertz CT molecular complexity index is 1060. The van der Waals surface area contributed by atoms with Gasteiger partial charge in [-0.15, -0.1) is 0 Å². The van der Waals surface area contributed by atoms with Gasteiger partial charge in [0.05, 0.1) is 24.4 Å². The fourth-order valence-corrected chi connectivity index (χ4v) is 11.3. The van der Waals surface area contributed by atoms with Crippen LogP contribution in [-0.2, 0) is 0 Å². The van der Waals surface area contributed by atoms with E-state index in [0.29, 0.717) is 19.6 Å².